The summed E-state index contributed by atoms with van der Waals surface area (Å²) in [6.07, 6.45) is 0.890. The highest BCUT2D eigenvalue weighted by Gasteiger charge is 2.46. The van der Waals surface area contributed by atoms with Crippen LogP contribution < -0.4 is 4.90 Å². The predicted molar refractivity (Wildman–Crippen MR) is 128 cm³/mol. The van der Waals surface area contributed by atoms with Crippen molar-refractivity contribution in [2.24, 2.45) is 0 Å². The number of hydrogen-bond acceptors (Lipinski definition) is 6. The average Bonchev–Trinajstić information content (AvgIpc) is 3.49. The van der Waals surface area contributed by atoms with Gasteiger partial charge in [-0.3, -0.25) is 14.5 Å². The fourth-order valence-corrected chi connectivity index (χ4v) is 5.12. The van der Waals surface area contributed by atoms with Crippen LogP contribution in [0.5, 0.6) is 0 Å². The third-order valence-corrected chi connectivity index (χ3v) is 6.88. The van der Waals surface area contributed by atoms with Gasteiger partial charge in [-0.25, -0.2) is 4.98 Å². The number of rotatable bonds is 5. The van der Waals surface area contributed by atoms with Crippen molar-refractivity contribution in [1.82, 2.24) is 4.98 Å². The van der Waals surface area contributed by atoms with Crippen molar-refractivity contribution >= 4 is 38.4 Å². The van der Waals surface area contributed by atoms with E-state index in [-0.39, 0.29) is 11.3 Å². The Morgan fingerprint density at radius 1 is 1.12 bits per heavy atom. The summed E-state index contributed by atoms with van der Waals surface area (Å²) in [5.74, 6) is -1.09. The van der Waals surface area contributed by atoms with Crippen LogP contribution in [0.25, 0.3) is 10.2 Å². The van der Waals surface area contributed by atoms with Gasteiger partial charge in [0.1, 0.15) is 5.76 Å². The molecule has 166 valence electrons. The normalized spacial score (nSPS) is 16.3. The number of aryl methyl sites for hydroxylation is 3. The summed E-state index contributed by atoms with van der Waals surface area (Å²) in [6.45, 7) is 5.78. The number of hydrogen-bond donors (Lipinski definition) is 1. The Balaban J connectivity index is 1.66. The van der Waals surface area contributed by atoms with Crippen LogP contribution in [-0.4, -0.2) is 21.8 Å². The molecule has 0 fully saturated rings. The van der Waals surface area contributed by atoms with Crippen LogP contribution in [0.15, 0.2) is 70.3 Å². The van der Waals surface area contributed by atoms with Gasteiger partial charge < -0.3 is 9.52 Å². The lowest BCUT2D eigenvalue weighted by Crippen LogP contribution is -2.30. The quantitative estimate of drug-likeness (QED) is 0.379. The molecule has 0 saturated carbocycles. The Morgan fingerprint density at radius 3 is 2.55 bits per heavy atom. The van der Waals surface area contributed by atoms with E-state index in [4.69, 9.17) is 4.42 Å². The highest BCUT2D eigenvalue weighted by molar-refractivity contribution is 7.22. The zero-order valence-corrected chi connectivity index (χ0v) is 19.3. The Hall–Kier alpha value is -3.71. The Morgan fingerprint density at radius 2 is 1.88 bits per heavy atom. The second-order valence-corrected chi connectivity index (χ2v) is 9.15. The maximum Gasteiger partial charge on any atom is 0.296 e. The zero-order valence-electron chi connectivity index (χ0n) is 18.5. The smallest absolute Gasteiger partial charge is 0.296 e. The number of aliphatic hydroxyl groups excluding tert-OH is 1. The topological polar surface area (TPSA) is 83.6 Å². The van der Waals surface area contributed by atoms with Crippen molar-refractivity contribution < 1.29 is 19.1 Å². The van der Waals surface area contributed by atoms with E-state index in [1.807, 2.05) is 43.3 Å². The number of furan rings is 1. The van der Waals surface area contributed by atoms with Gasteiger partial charge >= 0.3 is 0 Å². The molecule has 2 aromatic carbocycles. The van der Waals surface area contributed by atoms with E-state index >= 15 is 0 Å². The Labute approximate surface area is 194 Å². The largest absolute Gasteiger partial charge is 0.503 e. The van der Waals surface area contributed by atoms with Crippen molar-refractivity contribution in [2.45, 2.75) is 33.2 Å². The lowest BCUT2D eigenvalue weighted by Gasteiger charge is -2.24. The van der Waals surface area contributed by atoms with Gasteiger partial charge in [0.25, 0.3) is 5.91 Å². The molecule has 0 aliphatic carbocycles. The van der Waals surface area contributed by atoms with E-state index in [1.165, 1.54) is 21.8 Å². The van der Waals surface area contributed by atoms with Gasteiger partial charge in [0.05, 0.1) is 21.8 Å². The van der Waals surface area contributed by atoms with Crippen molar-refractivity contribution in [3.05, 3.63) is 94.1 Å². The minimum Gasteiger partial charge on any atom is -0.503 e. The van der Waals surface area contributed by atoms with E-state index in [2.05, 4.69) is 18.0 Å². The molecular formula is C26H22N2O4S. The number of thiazole rings is 1. The van der Waals surface area contributed by atoms with Crippen LogP contribution in [0.1, 0.15) is 46.0 Å². The molecule has 1 aliphatic heterocycles. The van der Waals surface area contributed by atoms with Gasteiger partial charge in [-0.2, -0.15) is 0 Å². The van der Waals surface area contributed by atoms with Crippen LogP contribution >= 0.6 is 11.3 Å². The zero-order chi connectivity index (χ0) is 23.3. The Kier molecular flexibility index (Phi) is 5.13. The first kappa shape index (κ1) is 21.2. The van der Waals surface area contributed by atoms with E-state index in [9.17, 15) is 14.7 Å². The number of aromatic nitrogens is 1. The molecule has 7 heteroatoms. The molecule has 0 radical (unpaired) electrons. The number of ketones is 1. The summed E-state index contributed by atoms with van der Waals surface area (Å²) >= 11 is 1.37. The van der Waals surface area contributed by atoms with Gasteiger partial charge in [-0.05, 0) is 55.7 Å². The van der Waals surface area contributed by atoms with Crippen molar-refractivity contribution in [1.29, 1.82) is 0 Å². The van der Waals surface area contributed by atoms with Gasteiger partial charge in [-0.1, -0.05) is 54.2 Å². The Bertz CT molecular complexity index is 1430. The molecule has 2 aromatic heterocycles. The van der Waals surface area contributed by atoms with Crippen LogP contribution in [0.3, 0.4) is 0 Å². The summed E-state index contributed by atoms with van der Waals surface area (Å²) in [7, 11) is 0. The SMILES string of the molecule is CCc1ccc2nc(N3C(=O)C(O)=C(C(=O)c4ccc(C)o4)[C@H]3c3ccc(C)cc3)sc2c1. The molecule has 3 heterocycles. The average molecular weight is 459 g/mol. The highest BCUT2D eigenvalue weighted by Crippen LogP contribution is 2.44. The van der Waals surface area contributed by atoms with Crippen molar-refractivity contribution in [3.63, 3.8) is 0 Å². The molecular weight excluding hydrogens is 436 g/mol. The first-order valence-corrected chi connectivity index (χ1v) is 11.5. The molecule has 33 heavy (non-hydrogen) atoms. The third-order valence-electron chi connectivity index (χ3n) is 5.87. The van der Waals surface area contributed by atoms with Crippen LogP contribution in [0.2, 0.25) is 0 Å². The van der Waals surface area contributed by atoms with Gasteiger partial charge in [0.15, 0.2) is 16.7 Å². The molecule has 0 bridgehead atoms. The van der Waals surface area contributed by atoms with E-state index in [1.54, 1.807) is 19.1 Å². The van der Waals surface area contributed by atoms with Gasteiger partial charge in [0, 0.05) is 0 Å². The van der Waals surface area contributed by atoms with E-state index in [0.717, 1.165) is 22.2 Å². The second-order valence-electron chi connectivity index (χ2n) is 8.14. The maximum absolute atomic E-state index is 13.4. The summed E-state index contributed by atoms with van der Waals surface area (Å²) in [4.78, 5) is 32.8. The number of anilines is 1. The first-order chi connectivity index (χ1) is 15.9. The number of Topliss-reactive ketones (excluding diaryl/α,β-unsaturated/α-hetero) is 1. The lowest BCUT2D eigenvalue weighted by atomic mass is 9.94. The fraction of sp³-hybridized carbons (Fsp3) is 0.192. The highest BCUT2D eigenvalue weighted by atomic mass is 32.1. The van der Waals surface area contributed by atoms with E-state index in [0.29, 0.717) is 16.5 Å². The molecule has 1 amide bonds. The number of amides is 1. The second kappa shape index (κ2) is 8.01. The third kappa shape index (κ3) is 3.54. The molecule has 0 saturated heterocycles. The monoisotopic (exact) mass is 458 g/mol. The molecule has 0 spiro atoms. The number of benzene rings is 2. The predicted octanol–water partition coefficient (Wildman–Crippen LogP) is 5.85. The number of nitrogens with zero attached hydrogens (tertiary/aromatic N) is 2. The summed E-state index contributed by atoms with van der Waals surface area (Å²) in [5.41, 5.74) is 3.68. The van der Waals surface area contributed by atoms with Gasteiger partial charge in [-0.15, -0.1) is 0 Å². The lowest BCUT2D eigenvalue weighted by molar-refractivity contribution is -0.117. The molecule has 6 nitrogen and oxygen atoms in total. The fourth-order valence-electron chi connectivity index (χ4n) is 4.07. The molecule has 1 N–H and O–H groups in total. The van der Waals surface area contributed by atoms with Crippen molar-refractivity contribution in [2.75, 3.05) is 4.90 Å². The number of fused-ring (bicyclic) bond motifs is 1. The summed E-state index contributed by atoms with van der Waals surface area (Å²) in [5, 5.41) is 11.3. The molecule has 5 rings (SSSR count). The standard InChI is InChI=1S/C26H22N2O4S/c1-4-16-8-11-18-20(13-16)33-26(27-18)28-22(17-9-5-14(2)6-10-17)21(24(30)25(28)31)23(29)19-12-7-15(3)32-19/h5-13,22,30H,4H2,1-3H3/t22-/m1/s1. The summed E-state index contributed by atoms with van der Waals surface area (Å²) in [6, 6.07) is 16.0. The maximum atomic E-state index is 13.4. The minimum absolute atomic E-state index is 0.00768. The van der Waals surface area contributed by atoms with Gasteiger partial charge in [0.2, 0.25) is 5.78 Å². The van der Waals surface area contributed by atoms with Crippen LogP contribution in [0, 0.1) is 13.8 Å². The van der Waals surface area contributed by atoms with Crippen molar-refractivity contribution in [3.8, 4) is 0 Å². The molecule has 4 aromatic rings. The molecule has 1 aliphatic rings. The van der Waals surface area contributed by atoms with E-state index < -0.39 is 23.5 Å². The number of aliphatic hydroxyl groups is 1. The molecule has 0 unspecified atom stereocenters. The van der Waals surface area contributed by atoms with Crippen LogP contribution in [-0.2, 0) is 11.2 Å². The first-order valence-electron chi connectivity index (χ1n) is 10.7. The molecule has 1 atom stereocenters. The number of carbonyl (C=O) groups is 2. The number of carbonyl (C=O) groups excluding carboxylic acids is 2. The summed E-state index contributed by atoms with van der Waals surface area (Å²) < 4.78 is 6.47. The minimum atomic E-state index is -0.817. The van der Waals surface area contributed by atoms with Crippen LogP contribution in [0.4, 0.5) is 5.13 Å².